The molecule has 1 N–H and O–H groups in total. The van der Waals surface area contributed by atoms with Crippen LogP contribution in [0.5, 0.6) is 0 Å². The first-order valence-electron chi connectivity index (χ1n) is 5.47. The van der Waals surface area contributed by atoms with Crippen LogP contribution in [0.1, 0.15) is 32.1 Å². The van der Waals surface area contributed by atoms with Gasteiger partial charge in [-0.05, 0) is 53.6 Å². The molecule has 1 fully saturated rings. The maximum atomic E-state index is 12.9. The summed E-state index contributed by atoms with van der Waals surface area (Å²) in [4.78, 5) is 0. The molecular weight excluding hydrogens is 304 g/mol. The van der Waals surface area contributed by atoms with Gasteiger partial charge in [0.25, 0.3) is 0 Å². The van der Waals surface area contributed by atoms with Gasteiger partial charge in [0.1, 0.15) is 5.82 Å². The Hall–Kier alpha value is -0.320. The van der Waals surface area contributed by atoms with Crippen LogP contribution in [-0.2, 0) is 0 Å². The topological polar surface area (TPSA) is 12.0 Å². The van der Waals surface area contributed by atoms with Crippen molar-refractivity contribution in [1.29, 1.82) is 0 Å². The van der Waals surface area contributed by atoms with Crippen molar-refractivity contribution in [2.45, 2.75) is 38.1 Å². The molecule has 0 atom stereocenters. The van der Waals surface area contributed by atoms with Gasteiger partial charge in [-0.1, -0.05) is 19.3 Å². The van der Waals surface area contributed by atoms with Crippen LogP contribution in [0.3, 0.4) is 0 Å². The molecule has 82 valence electrons. The van der Waals surface area contributed by atoms with Crippen molar-refractivity contribution in [3.8, 4) is 0 Å². The summed E-state index contributed by atoms with van der Waals surface area (Å²) < 4.78 is 13.9. The minimum atomic E-state index is -0.159. The summed E-state index contributed by atoms with van der Waals surface area (Å²) in [6, 6.07) is 5.52. The summed E-state index contributed by atoms with van der Waals surface area (Å²) in [7, 11) is 0. The quantitative estimate of drug-likeness (QED) is 0.807. The monoisotopic (exact) mass is 319 g/mol. The summed E-state index contributed by atoms with van der Waals surface area (Å²) >= 11 is 2.18. The third-order valence-corrected chi connectivity index (χ3v) is 3.79. The van der Waals surface area contributed by atoms with Crippen LogP contribution in [0.4, 0.5) is 10.1 Å². The first-order chi connectivity index (χ1) is 7.25. The third kappa shape index (κ3) is 3.06. The Morgan fingerprint density at radius 3 is 2.60 bits per heavy atom. The van der Waals surface area contributed by atoms with Crippen molar-refractivity contribution >= 4 is 28.3 Å². The maximum absolute atomic E-state index is 12.9. The third-order valence-electron chi connectivity index (χ3n) is 2.90. The van der Waals surface area contributed by atoms with Gasteiger partial charge in [0, 0.05) is 15.3 Å². The number of hydrogen-bond donors (Lipinski definition) is 1. The highest BCUT2D eigenvalue weighted by Crippen LogP contribution is 2.25. The standard InChI is InChI=1S/C12H15FIN/c13-9-6-7-12(11(14)8-9)15-10-4-2-1-3-5-10/h6-8,10,15H,1-5H2. The number of anilines is 1. The zero-order valence-electron chi connectivity index (χ0n) is 8.60. The van der Waals surface area contributed by atoms with Crippen molar-refractivity contribution in [3.05, 3.63) is 27.6 Å². The van der Waals surface area contributed by atoms with Crippen molar-refractivity contribution in [2.24, 2.45) is 0 Å². The van der Waals surface area contributed by atoms with Gasteiger partial charge in [0.2, 0.25) is 0 Å². The van der Waals surface area contributed by atoms with Gasteiger partial charge in [-0.3, -0.25) is 0 Å². The van der Waals surface area contributed by atoms with Gasteiger partial charge in [0.15, 0.2) is 0 Å². The van der Waals surface area contributed by atoms with Crippen molar-refractivity contribution < 1.29 is 4.39 Å². The Bertz CT molecular complexity index is 334. The summed E-state index contributed by atoms with van der Waals surface area (Å²) in [5.74, 6) is -0.159. The minimum Gasteiger partial charge on any atom is -0.381 e. The number of hydrogen-bond acceptors (Lipinski definition) is 1. The van der Waals surface area contributed by atoms with E-state index in [0.29, 0.717) is 6.04 Å². The van der Waals surface area contributed by atoms with Crippen molar-refractivity contribution in [2.75, 3.05) is 5.32 Å². The summed E-state index contributed by atoms with van der Waals surface area (Å²) in [6.07, 6.45) is 6.48. The van der Waals surface area contributed by atoms with Gasteiger partial charge in [-0.2, -0.15) is 0 Å². The largest absolute Gasteiger partial charge is 0.381 e. The van der Waals surface area contributed by atoms with Gasteiger partial charge < -0.3 is 5.32 Å². The lowest BCUT2D eigenvalue weighted by molar-refractivity contribution is 0.462. The van der Waals surface area contributed by atoms with E-state index < -0.39 is 0 Å². The van der Waals surface area contributed by atoms with E-state index in [0.717, 1.165) is 9.26 Å². The molecule has 1 aromatic rings. The smallest absolute Gasteiger partial charge is 0.124 e. The average Bonchev–Trinajstić information content (AvgIpc) is 2.24. The highest BCUT2D eigenvalue weighted by atomic mass is 127. The molecule has 1 nitrogen and oxygen atoms in total. The molecule has 15 heavy (non-hydrogen) atoms. The fourth-order valence-corrected chi connectivity index (χ4v) is 2.71. The van der Waals surface area contributed by atoms with E-state index in [2.05, 4.69) is 27.9 Å². The Labute approximate surface area is 104 Å². The van der Waals surface area contributed by atoms with Gasteiger partial charge >= 0.3 is 0 Å². The molecule has 1 aliphatic rings. The molecule has 0 amide bonds. The molecule has 0 radical (unpaired) electrons. The lowest BCUT2D eigenvalue weighted by Crippen LogP contribution is -2.22. The number of halogens is 2. The Morgan fingerprint density at radius 2 is 1.93 bits per heavy atom. The lowest BCUT2D eigenvalue weighted by atomic mass is 9.95. The molecule has 0 bridgehead atoms. The molecule has 3 heteroatoms. The first kappa shape index (κ1) is 11.2. The zero-order chi connectivity index (χ0) is 10.7. The molecule has 1 aliphatic carbocycles. The number of benzene rings is 1. The van der Waals surface area contributed by atoms with E-state index in [1.54, 1.807) is 6.07 Å². The van der Waals surface area contributed by atoms with Crippen LogP contribution >= 0.6 is 22.6 Å². The molecule has 2 rings (SSSR count). The van der Waals surface area contributed by atoms with E-state index in [1.165, 1.54) is 38.2 Å². The molecular formula is C12H15FIN. The normalized spacial score (nSPS) is 17.7. The molecule has 1 saturated carbocycles. The highest BCUT2D eigenvalue weighted by Gasteiger charge is 2.13. The van der Waals surface area contributed by atoms with Crippen LogP contribution in [0.15, 0.2) is 18.2 Å². The maximum Gasteiger partial charge on any atom is 0.124 e. The SMILES string of the molecule is Fc1ccc(NC2CCCCC2)c(I)c1. The van der Waals surface area contributed by atoms with Crippen LogP contribution in [0.2, 0.25) is 0 Å². The second kappa shape index (κ2) is 5.14. The van der Waals surface area contributed by atoms with E-state index >= 15 is 0 Å². The van der Waals surface area contributed by atoms with Gasteiger partial charge in [-0.15, -0.1) is 0 Å². The molecule has 0 aromatic heterocycles. The molecule has 1 aromatic carbocycles. The Balaban J connectivity index is 2.03. The van der Waals surface area contributed by atoms with Crippen molar-refractivity contribution in [1.82, 2.24) is 0 Å². The highest BCUT2D eigenvalue weighted by molar-refractivity contribution is 14.1. The van der Waals surface area contributed by atoms with E-state index in [4.69, 9.17) is 0 Å². The summed E-state index contributed by atoms with van der Waals surface area (Å²) in [6.45, 7) is 0. The second-order valence-corrected chi connectivity index (χ2v) is 5.27. The predicted octanol–water partition coefficient (Wildman–Crippen LogP) is 4.17. The molecule has 0 unspecified atom stereocenters. The molecule has 0 aliphatic heterocycles. The second-order valence-electron chi connectivity index (χ2n) is 4.10. The average molecular weight is 319 g/mol. The predicted molar refractivity (Wildman–Crippen MR) is 69.6 cm³/mol. The fourth-order valence-electron chi connectivity index (χ4n) is 2.07. The zero-order valence-corrected chi connectivity index (χ0v) is 10.8. The first-order valence-corrected chi connectivity index (χ1v) is 6.55. The van der Waals surface area contributed by atoms with Crippen molar-refractivity contribution in [3.63, 3.8) is 0 Å². The number of rotatable bonds is 2. The number of nitrogens with one attached hydrogen (secondary N) is 1. The van der Waals surface area contributed by atoms with Crippen LogP contribution in [0.25, 0.3) is 0 Å². The van der Waals surface area contributed by atoms with E-state index in [-0.39, 0.29) is 5.82 Å². The molecule has 0 heterocycles. The summed E-state index contributed by atoms with van der Waals surface area (Å²) in [5, 5.41) is 3.50. The molecule has 0 spiro atoms. The molecule has 0 saturated heterocycles. The summed E-state index contributed by atoms with van der Waals surface area (Å²) in [5.41, 5.74) is 1.07. The van der Waals surface area contributed by atoms with E-state index in [1.807, 2.05) is 6.07 Å². The van der Waals surface area contributed by atoms with Crippen LogP contribution in [0, 0.1) is 9.39 Å². The van der Waals surface area contributed by atoms with Crippen LogP contribution < -0.4 is 5.32 Å². The Morgan fingerprint density at radius 1 is 1.20 bits per heavy atom. The minimum absolute atomic E-state index is 0.159. The van der Waals surface area contributed by atoms with Gasteiger partial charge in [0.05, 0.1) is 0 Å². The lowest BCUT2D eigenvalue weighted by Gasteiger charge is -2.24. The van der Waals surface area contributed by atoms with E-state index in [9.17, 15) is 4.39 Å². The van der Waals surface area contributed by atoms with Gasteiger partial charge in [-0.25, -0.2) is 4.39 Å². The Kier molecular flexibility index (Phi) is 3.83. The fraction of sp³-hybridized carbons (Fsp3) is 0.500. The van der Waals surface area contributed by atoms with Crippen LogP contribution in [-0.4, -0.2) is 6.04 Å².